The molecule has 9 heteroatoms. The molecule has 212 valence electrons. The van der Waals surface area contributed by atoms with Gasteiger partial charge in [0, 0.05) is 35.8 Å². The Morgan fingerprint density at radius 2 is 1.92 bits per heavy atom. The van der Waals surface area contributed by atoms with E-state index in [0.717, 1.165) is 38.5 Å². The summed E-state index contributed by atoms with van der Waals surface area (Å²) in [7, 11) is 0. The summed E-state index contributed by atoms with van der Waals surface area (Å²) in [5.41, 5.74) is 0. The topological polar surface area (TPSA) is 87.2 Å². The van der Waals surface area contributed by atoms with Gasteiger partial charge >= 0.3 is 5.97 Å². The van der Waals surface area contributed by atoms with Crippen LogP contribution < -0.4 is 0 Å². The SMILES string of the molecule is C=CCCCOC(=O)[C@H]1[C@@H]2SC3(CC2Br)C(C(=O)N(CC=C)C2CCCCC2)N(CCCCCO)C(=O)[C@H]13. The van der Waals surface area contributed by atoms with Gasteiger partial charge in [0.15, 0.2) is 0 Å². The number of allylic oxidation sites excluding steroid dienone is 1. The monoisotopic (exact) mass is 610 g/mol. The van der Waals surface area contributed by atoms with Gasteiger partial charge in [-0.3, -0.25) is 14.4 Å². The molecule has 0 aromatic rings. The summed E-state index contributed by atoms with van der Waals surface area (Å²) in [6, 6.07) is -0.449. The Kier molecular flexibility index (Phi) is 10.4. The van der Waals surface area contributed by atoms with Crippen LogP contribution in [0.2, 0.25) is 0 Å². The van der Waals surface area contributed by atoms with Gasteiger partial charge in [-0.25, -0.2) is 0 Å². The van der Waals surface area contributed by atoms with Gasteiger partial charge in [0.2, 0.25) is 11.8 Å². The van der Waals surface area contributed by atoms with E-state index in [1.807, 2.05) is 4.90 Å². The molecule has 2 amide bonds. The van der Waals surface area contributed by atoms with Crippen LogP contribution in [0.3, 0.4) is 0 Å². The van der Waals surface area contributed by atoms with Crippen molar-refractivity contribution in [2.45, 2.75) is 97.5 Å². The highest BCUT2D eigenvalue weighted by molar-refractivity contribution is 9.09. The van der Waals surface area contributed by atoms with E-state index in [1.165, 1.54) is 6.42 Å². The molecular weight excluding hydrogens is 568 g/mol. The van der Waals surface area contributed by atoms with Gasteiger partial charge in [-0.15, -0.1) is 24.9 Å². The van der Waals surface area contributed by atoms with E-state index in [-0.39, 0.29) is 40.5 Å². The van der Waals surface area contributed by atoms with E-state index >= 15 is 0 Å². The second-order valence-corrected chi connectivity index (χ2v) is 13.9. The molecule has 7 nitrogen and oxygen atoms in total. The van der Waals surface area contributed by atoms with E-state index < -0.39 is 22.6 Å². The first kappa shape index (κ1) is 29.7. The van der Waals surface area contributed by atoms with Crippen LogP contribution in [0.4, 0.5) is 0 Å². The lowest BCUT2D eigenvalue weighted by Crippen LogP contribution is -2.57. The molecule has 1 aliphatic carbocycles. The average Bonchev–Trinajstić information content (AvgIpc) is 3.51. The van der Waals surface area contributed by atoms with Gasteiger partial charge in [-0.05, 0) is 51.4 Å². The number of rotatable bonds is 14. The summed E-state index contributed by atoms with van der Waals surface area (Å²) in [5.74, 6) is -1.52. The maximum absolute atomic E-state index is 14.5. The third kappa shape index (κ3) is 5.62. The number of hydrogen-bond acceptors (Lipinski definition) is 6. The van der Waals surface area contributed by atoms with E-state index in [1.54, 1.807) is 28.8 Å². The van der Waals surface area contributed by atoms with Crippen molar-refractivity contribution < 1.29 is 24.2 Å². The first-order valence-corrected chi connectivity index (χ1v) is 16.1. The standard InChI is InChI=1S/C29H43BrN2O5S/c1-3-5-12-18-37-28(36)22-23-26(34)32(16-10-7-11-17-33)25(29(23)19-21(30)24(22)38-29)27(35)31(15-4-2)20-13-8-6-9-14-20/h3-4,20-25,33H,1-2,5-19H2/t21?,22-,23+,24-,25?,29?/m1/s1. The second kappa shape index (κ2) is 13.4. The van der Waals surface area contributed by atoms with Crippen molar-refractivity contribution in [3.05, 3.63) is 25.3 Å². The summed E-state index contributed by atoms with van der Waals surface area (Å²) in [6.07, 6.45) is 13.3. The van der Waals surface area contributed by atoms with Gasteiger partial charge in [0.05, 0.1) is 23.2 Å². The van der Waals surface area contributed by atoms with E-state index in [9.17, 15) is 19.5 Å². The van der Waals surface area contributed by atoms with Gasteiger partial charge in [0.25, 0.3) is 0 Å². The highest BCUT2D eigenvalue weighted by atomic mass is 79.9. The van der Waals surface area contributed by atoms with Crippen LogP contribution >= 0.6 is 27.7 Å². The first-order valence-electron chi connectivity index (χ1n) is 14.3. The molecule has 1 spiro atoms. The molecule has 0 aromatic carbocycles. The van der Waals surface area contributed by atoms with Crippen molar-refractivity contribution in [2.75, 3.05) is 26.3 Å². The number of thioether (sulfide) groups is 1. The van der Waals surface area contributed by atoms with Crippen molar-refractivity contribution in [1.29, 1.82) is 0 Å². The normalized spacial score (nSPS) is 32.3. The number of hydrogen-bond donors (Lipinski definition) is 1. The lowest BCUT2D eigenvalue weighted by molar-refractivity contribution is -0.154. The van der Waals surface area contributed by atoms with Crippen LogP contribution in [-0.4, -0.2) is 85.9 Å². The van der Waals surface area contributed by atoms with Crippen molar-refractivity contribution >= 4 is 45.5 Å². The Hall–Kier alpha value is -1.32. The van der Waals surface area contributed by atoms with E-state index in [2.05, 4.69) is 29.1 Å². The van der Waals surface area contributed by atoms with E-state index in [4.69, 9.17) is 4.74 Å². The highest BCUT2D eigenvalue weighted by Crippen LogP contribution is 2.68. The highest BCUT2D eigenvalue weighted by Gasteiger charge is 2.76. The van der Waals surface area contributed by atoms with Crippen molar-refractivity contribution in [1.82, 2.24) is 9.80 Å². The number of ether oxygens (including phenoxy) is 1. The molecule has 38 heavy (non-hydrogen) atoms. The second-order valence-electron chi connectivity index (χ2n) is 11.1. The number of aliphatic hydroxyl groups is 1. The minimum atomic E-state index is -0.650. The number of amides is 2. The lowest BCUT2D eigenvalue weighted by Gasteiger charge is -2.41. The van der Waals surface area contributed by atoms with Crippen molar-refractivity contribution in [2.24, 2.45) is 11.8 Å². The summed E-state index contributed by atoms with van der Waals surface area (Å²) >= 11 is 5.49. The Morgan fingerprint density at radius 3 is 2.61 bits per heavy atom. The number of carbonyl (C=O) groups excluding carboxylic acids is 3. The minimum absolute atomic E-state index is 0.00246. The number of likely N-dealkylation sites (tertiary alicyclic amines) is 1. The molecule has 4 rings (SSSR count). The van der Waals surface area contributed by atoms with Crippen LogP contribution in [0.25, 0.3) is 0 Å². The van der Waals surface area contributed by atoms with Crippen molar-refractivity contribution in [3.63, 3.8) is 0 Å². The molecule has 0 radical (unpaired) electrons. The number of halogens is 1. The number of carbonyl (C=O) groups is 3. The summed E-state index contributed by atoms with van der Waals surface area (Å²) in [4.78, 5) is 45.9. The van der Waals surface area contributed by atoms with Crippen molar-refractivity contribution in [3.8, 4) is 0 Å². The Morgan fingerprint density at radius 1 is 1.16 bits per heavy atom. The number of esters is 1. The zero-order valence-electron chi connectivity index (χ0n) is 22.4. The Bertz CT molecular complexity index is 896. The molecule has 1 N–H and O–H groups in total. The molecular formula is C29H43BrN2O5S. The van der Waals surface area contributed by atoms with Crippen LogP contribution in [0, 0.1) is 11.8 Å². The number of aliphatic hydroxyl groups excluding tert-OH is 1. The van der Waals surface area contributed by atoms with Gasteiger partial charge in [0.1, 0.15) is 6.04 Å². The molecule has 0 aromatic heterocycles. The fourth-order valence-corrected chi connectivity index (χ4v) is 10.7. The molecule has 4 fully saturated rings. The predicted molar refractivity (Wildman–Crippen MR) is 154 cm³/mol. The fourth-order valence-electron chi connectivity index (χ4n) is 7.09. The van der Waals surface area contributed by atoms with E-state index in [0.29, 0.717) is 45.4 Å². The van der Waals surface area contributed by atoms with Gasteiger partial charge in [-0.1, -0.05) is 47.3 Å². The third-order valence-electron chi connectivity index (χ3n) is 8.77. The molecule has 4 aliphatic rings. The van der Waals surface area contributed by atoms with Crippen LogP contribution in [0.15, 0.2) is 25.3 Å². The number of alkyl halides is 1. The number of nitrogens with zero attached hydrogens (tertiary/aromatic N) is 2. The predicted octanol–water partition coefficient (Wildman–Crippen LogP) is 4.47. The average molecular weight is 612 g/mol. The fraction of sp³-hybridized carbons (Fsp3) is 0.759. The minimum Gasteiger partial charge on any atom is -0.465 e. The van der Waals surface area contributed by atoms with Crippen LogP contribution in [0.5, 0.6) is 0 Å². The maximum Gasteiger partial charge on any atom is 0.310 e. The Labute approximate surface area is 239 Å². The molecule has 2 bridgehead atoms. The van der Waals surface area contributed by atoms with Gasteiger partial charge < -0.3 is 19.6 Å². The Balaban J connectivity index is 1.65. The smallest absolute Gasteiger partial charge is 0.310 e. The van der Waals surface area contributed by atoms with Crippen LogP contribution in [-0.2, 0) is 19.1 Å². The lowest BCUT2D eigenvalue weighted by atomic mass is 9.71. The van der Waals surface area contributed by atoms with Gasteiger partial charge in [-0.2, -0.15) is 0 Å². The molecule has 3 unspecified atom stereocenters. The zero-order chi connectivity index (χ0) is 27.3. The maximum atomic E-state index is 14.5. The first-order chi connectivity index (χ1) is 18.4. The molecule has 3 aliphatic heterocycles. The number of fused-ring (bicyclic) bond motifs is 1. The summed E-state index contributed by atoms with van der Waals surface area (Å²) in [5, 5.41) is 9.16. The quantitative estimate of drug-likeness (QED) is 0.135. The number of unbranched alkanes of at least 4 members (excludes halogenated alkanes) is 3. The van der Waals surface area contributed by atoms with Crippen LogP contribution in [0.1, 0.15) is 70.6 Å². The largest absolute Gasteiger partial charge is 0.465 e. The molecule has 6 atom stereocenters. The molecule has 3 saturated heterocycles. The summed E-state index contributed by atoms with van der Waals surface area (Å²) < 4.78 is 5.03. The third-order valence-corrected chi connectivity index (χ3v) is 12.0. The summed E-state index contributed by atoms with van der Waals surface area (Å²) in [6.45, 7) is 9.00. The molecule has 3 heterocycles. The molecule has 1 saturated carbocycles. The zero-order valence-corrected chi connectivity index (χ0v) is 24.8.